The van der Waals surface area contributed by atoms with Gasteiger partial charge in [0.25, 0.3) is 0 Å². The lowest BCUT2D eigenvalue weighted by Gasteiger charge is -2.31. The molecule has 0 aromatic carbocycles. The van der Waals surface area contributed by atoms with E-state index in [2.05, 4.69) is 40.9 Å². The summed E-state index contributed by atoms with van der Waals surface area (Å²) in [6.45, 7) is 6.49. The zero-order chi connectivity index (χ0) is 12.0. The lowest BCUT2D eigenvalue weighted by molar-refractivity contribution is 0.288. The predicted octanol–water partition coefficient (Wildman–Crippen LogP) is 2.17. The minimum atomic E-state index is 0.462. The van der Waals surface area contributed by atoms with Crippen LogP contribution in [0.15, 0.2) is 0 Å². The summed E-state index contributed by atoms with van der Waals surface area (Å²) in [5.41, 5.74) is 0. The summed E-state index contributed by atoms with van der Waals surface area (Å²) >= 11 is 0. The molecule has 0 aliphatic carbocycles. The molecular formula is C13H22N4. The van der Waals surface area contributed by atoms with E-state index in [4.69, 9.17) is 0 Å². The maximum absolute atomic E-state index is 4.35. The first-order chi connectivity index (χ1) is 8.15. The summed E-state index contributed by atoms with van der Waals surface area (Å²) in [6, 6.07) is 2.06. The average molecular weight is 234 g/mol. The molecule has 4 heteroatoms. The van der Waals surface area contributed by atoms with Crippen molar-refractivity contribution in [3.8, 4) is 0 Å². The van der Waals surface area contributed by atoms with Crippen LogP contribution in [0, 0.1) is 6.92 Å². The molecule has 3 heterocycles. The first kappa shape index (κ1) is 11.2. The molecule has 2 aliphatic heterocycles. The van der Waals surface area contributed by atoms with Gasteiger partial charge in [-0.1, -0.05) is 13.8 Å². The summed E-state index contributed by atoms with van der Waals surface area (Å²) in [4.78, 5) is 0. The summed E-state index contributed by atoms with van der Waals surface area (Å²) in [5, 5.41) is 12.3. The third-order valence-electron chi connectivity index (χ3n) is 4.22. The fourth-order valence-corrected chi connectivity index (χ4v) is 3.47. The molecule has 0 radical (unpaired) electrons. The molecule has 3 rings (SSSR count). The highest BCUT2D eigenvalue weighted by Crippen LogP contribution is 2.35. The molecular weight excluding hydrogens is 212 g/mol. The van der Waals surface area contributed by atoms with E-state index in [9.17, 15) is 0 Å². The number of nitrogens with zero attached hydrogens (tertiary/aromatic N) is 3. The van der Waals surface area contributed by atoms with Crippen molar-refractivity contribution >= 4 is 0 Å². The minimum Gasteiger partial charge on any atom is -0.312 e. The number of piperidine rings is 1. The number of hydrogen-bond acceptors (Lipinski definition) is 3. The summed E-state index contributed by atoms with van der Waals surface area (Å²) in [5.74, 6) is 2.71. The largest absolute Gasteiger partial charge is 0.312 e. The molecule has 0 amide bonds. The average Bonchev–Trinajstić information content (AvgIpc) is 2.82. The second-order valence-electron chi connectivity index (χ2n) is 5.89. The van der Waals surface area contributed by atoms with Crippen LogP contribution in [-0.2, 0) is 0 Å². The first-order valence-corrected chi connectivity index (χ1v) is 6.82. The Morgan fingerprint density at radius 1 is 1.18 bits per heavy atom. The zero-order valence-electron chi connectivity index (χ0n) is 11.0. The monoisotopic (exact) mass is 234 g/mol. The van der Waals surface area contributed by atoms with E-state index < -0.39 is 0 Å². The Bertz CT molecular complexity index is 398. The maximum atomic E-state index is 4.35. The van der Waals surface area contributed by atoms with E-state index in [1.807, 2.05) is 0 Å². The number of nitrogens with one attached hydrogen (secondary N) is 1. The second kappa shape index (κ2) is 4.09. The predicted molar refractivity (Wildman–Crippen MR) is 67.1 cm³/mol. The van der Waals surface area contributed by atoms with Gasteiger partial charge < -0.3 is 9.88 Å². The molecule has 2 bridgehead atoms. The third kappa shape index (κ3) is 1.88. The van der Waals surface area contributed by atoms with Crippen molar-refractivity contribution < 1.29 is 0 Å². The van der Waals surface area contributed by atoms with Crippen molar-refractivity contribution in [2.24, 2.45) is 0 Å². The summed E-state index contributed by atoms with van der Waals surface area (Å²) in [6.07, 6.45) is 5.18. The van der Waals surface area contributed by atoms with Crippen molar-refractivity contribution in [1.82, 2.24) is 20.1 Å². The van der Waals surface area contributed by atoms with Crippen LogP contribution < -0.4 is 5.32 Å². The molecule has 94 valence electrons. The van der Waals surface area contributed by atoms with E-state index in [1.54, 1.807) is 0 Å². The molecule has 1 aromatic rings. The molecule has 0 spiro atoms. The third-order valence-corrected chi connectivity index (χ3v) is 4.22. The Morgan fingerprint density at radius 2 is 1.82 bits per heavy atom. The normalized spacial score (nSPS) is 32.4. The van der Waals surface area contributed by atoms with Crippen molar-refractivity contribution in [2.75, 3.05) is 0 Å². The molecule has 1 unspecified atom stereocenters. The molecule has 1 aromatic heterocycles. The number of fused-ring (bicyclic) bond motifs is 2. The second-order valence-corrected chi connectivity index (χ2v) is 5.89. The van der Waals surface area contributed by atoms with Crippen LogP contribution in [0.5, 0.6) is 0 Å². The van der Waals surface area contributed by atoms with E-state index in [1.165, 1.54) is 25.7 Å². The smallest absolute Gasteiger partial charge is 0.135 e. The van der Waals surface area contributed by atoms with Crippen LogP contribution in [0.1, 0.15) is 63.1 Å². The van der Waals surface area contributed by atoms with Crippen LogP contribution >= 0.6 is 0 Å². The number of aryl methyl sites for hydroxylation is 1. The van der Waals surface area contributed by atoms with Crippen LogP contribution in [0.25, 0.3) is 0 Å². The van der Waals surface area contributed by atoms with Crippen molar-refractivity contribution in [1.29, 1.82) is 0 Å². The Kier molecular flexibility index (Phi) is 2.69. The maximum Gasteiger partial charge on any atom is 0.135 e. The zero-order valence-corrected chi connectivity index (χ0v) is 11.0. The molecule has 3 atom stereocenters. The van der Waals surface area contributed by atoms with Crippen LogP contribution in [0.2, 0.25) is 0 Å². The van der Waals surface area contributed by atoms with Gasteiger partial charge in [0.2, 0.25) is 0 Å². The van der Waals surface area contributed by atoms with Crippen molar-refractivity contribution in [3.05, 3.63) is 11.6 Å². The molecule has 4 nitrogen and oxygen atoms in total. The number of hydrogen-bond donors (Lipinski definition) is 1. The highest BCUT2D eigenvalue weighted by Gasteiger charge is 2.35. The first-order valence-electron chi connectivity index (χ1n) is 6.82. The lowest BCUT2D eigenvalue weighted by atomic mass is 9.98. The molecule has 2 aliphatic rings. The number of aromatic nitrogens is 3. The lowest BCUT2D eigenvalue weighted by Crippen LogP contribution is -2.39. The van der Waals surface area contributed by atoms with Gasteiger partial charge in [-0.05, 0) is 32.6 Å². The highest BCUT2D eigenvalue weighted by atomic mass is 15.3. The quantitative estimate of drug-likeness (QED) is 0.852. The molecule has 2 saturated heterocycles. The number of rotatable bonds is 2. The van der Waals surface area contributed by atoms with Gasteiger partial charge >= 0.3 is 0 Å². The van der Waals surface area contributed by atoms with Crippen LogP contribution in [0.4, 0.5) is 0 Å². The van der Waals surface area contributed by atoms with Gasteiger partial charge in [-0.2, -0.15) is 0 Å². The topological polar surface area (TPSA) is 42.7 Å². The molecule has 1 N–H and O–H groups in total. The van der Waals surface area contributed by atoms with Gasteiger partial charge in [0.1, 0.15) is 11.6 Å². The Labute approximate surface area is 103 Å². The van der Waals surface area contributed by atoms with Gasteiger partial charge in [-0.25, -0.2) is 0 Å². The van der Waals surface area contributed by atoms with Gasteiger partial charge in [0.15, 0.2) is 0 Å². The van der Waals surface area contributed by atoms with Crippen molar-refractivity contribution in [3.63, 3.8) is 0 Å². The van der Waals surface area contributed by atoms with Gasteiger partial charge in [-0.3, -0.25) is 0 Å². The highest BCUT2D eigenvalue weighted by molar-refractivity contribution is 5.05. The summed E-state index contributed by atoms with van der Waals surface area (Å²) < 4.78 is 2.40. The molecule has 17 heavy (non-hydrogen) atoms. The van der Waals surface area contributed by atoms with E-state index in [0.717, 1.165) is 23.7 Å². The van der Waals surface area contributed by atoms with E-state index >= 15 is 0 Å². The van der Waals surface area contributed by atoms with Crippen LogP contribution in [0.3, 0.4) is 0 Å². The fraction of sp³-hybridized carbons (Fsp3) is 0.846. The summed E-state index contributed by atoms with van der Waals surface area (Å²) in [7, 11) is 0. The van der Waals surface area contributed by atoms with E-state index in [0.29, 0.717) is 12.0 Å². The Balaban J connectivity index is 1.91. The fourth-order valence-electron chi connectivity index (χ4n) is 3.47. The molecule has 0 saturated carbocycles. The molecule has 2 fully saturated rings. The van der Waals surface area contributed by atoms with Gasteiger partial charge in [-0.15, -0.1) is 10.2 Å². The minimum absolute atomic E-state index is 0.462. The van der Waals surface area contributed by atoms with Gasteiger partial charge in [0, 0.05) is 24.0 Å². The standard InChI is InChI=1S/C13H22N4/c1-8(2)13-16-15-9(3)17(13)12-6-10-4-5-11(7-12)14-10/h8,10-12,14H,4-7H2,1-3H3/t10-,11+,12?. The van der Waals surface area contributed by atoms with Gasteiger partial charge in [0.05, 0.1) is 0 Å². The Morgan fingerprint density at radius 3 is 2.41 bits per heavy atom. The Hall–Kier alpha value is -0.900. The van der Waals surface area contributed by atoms with Crippen molar-refractivity contribution in [2.45, 2.75) is 70.5 Å². The van der Waals surface area contributed by atoms with Crippen LogP contribution in [-0.4, -0.2) is 26.8 Å². The van der Waals surface area contributed by atoms with E-state index in [-0.39, 0.29) is 0 Å². The SMILES string of the molecule is Cc1nnc(C(C)C)n1C1C[C@H]2CC[C@@H](C1)N2.